The SMILES string of the molecule is CC(=O)CSc1ccccc1C(=O)OCC(=O)Nc1c(C)cccc1C. The maximum Gasteiger partial charge on any atom is 0.339 e. The molecule has 0 atom stereocenters. The molecule has 2 aromatic carbocycles. The maximum absolute atomic E-state index is 12.3. The first-order chi connectivity index (χ1) is 12.4. The van der Waals surface area contributed by atoms with Gasteiger partial charge in [0.15, 0.2) is 6.61 Å². The van der Waals surface area contributed by atoms with Crippen LogP contribution in [0.15, 0.2) is 47.4 Å². The summed E-state index contributed by atoms with van der Waals surface area (Å²) in [5, 5.41) is 2.77. The molecule has 2 aromatic rings. The molecule has 6 heteroatoms. The van der Waals surface area contributed by atoms with Gasteiger partial charge in [-0.1, -0.05) is 30.3 Å². The predicted molar refractivity (Wildman–Crippen MR) is 103 cm³/mol. The van der Waals surface area contributed by atoms with E-state index >= 15 is 0 Å². The first-order valence-corrected chi connectivity index (χ1v) is 9.11. The number of para-hydroxylation sites is 1. The van der Waals surface area contributed by atoms with E-state index in [1.165, 1.54) is 18.7 Å². The normalized spacial score (nSPS) is 10.3. The molecule has 26 heavy (non-hydrogen) atoms. The fraction of sp³-hybridized carbons (Fsp3) is 0.250. The van der Waals surface area contributed by atoms with E-state index in [4.69, 9.17) is 4.74 Å². The van der Waals surface area contributed by atoms with Gasteiger partial charge < -0.3 is 10.1 Å². The lowest BCUT2D eigenvalue weighted by Gasteiger charge is -2.12. The second kappa shape index (κ2) is 9.20. The summed E-state index contributed by atoms with van der Waals surface area (Å²) >= 11 is 1.27. The molecular formula is C20H21NO4S. The third kappa shape index (κ3) is 5.46. The van der Waals surface area contributed by atoms with Gasteiger partial charge in [-0.3, -0.25) is 9.59 Å². The fourth-order valence-corrected chi connectivity index (χ4v) is 3.18. The smallest absolute Gasteiger partial charge is 0.339 e. The number of amides is 1. The summed E-state index contributed by atoms with van der Waals surface area (Å²) in [5.74, 6) is -0.693. The second-order valence-corrected chi connectivity index (χ2v) is 6.90. The number of anilines is 1. The maximum atomic E-state index is 12.3. The minimum atomic E-state index is -0.590. The second-order valence-electron chi connectivity index (χ2n) is 5.88. The number of Topliss-reactive ketones (excluding diaryl/α,β-unsaturated/α-hetero) is 1. The van der Waals surface area contributed by atoms with Gasteiger partial charge in [0, 0.05) is 10.6 Å². The number of benzene rings is 2. The predicted octanol–water partition coefficient (Wildman–Crippen LogP) is 3.78. The Morgan fingerprint density at radius 2 is 1.65 bits per heavy atom. The van der Waals surface area contributed by atoms with E-state index in [9.17, 15) is 14.4 Å². The summed E-state index contributed by atoms with van der Waals surface area (Å²) in [6.45, 7) is 4.92. The van der Waals surface area contributed by atoms with Gasteiger partial charge in [-0.25, -0.2) is 4.79 Å². The third-order valence-electron chi connectivity index (χ3n) is 3.62. The molecule has 0 fully saturated rings. The first kappa shape index (κ1) is 19.7. The van der Waals surface area contributed by atoms with Crippen molar-refractivity contribution in [2.45, 2.75) is 25.7 Å². The molecule has 0 unspecified atom stereocenters. The molecule has 5 nitrogen and oxygen atoms in total. The van der Waals surface area contributed by atoms with Gasteiger partial charge in [0.1, 0.15) is 5.78 Å². The number of carbonyl (C=O) groups excluding carboxylic acids is 3. The highest BCUT2D eigenvalue weighted by Crippen LogP contribution is 2.23. The number of thioether (sulfide) groups is 1. The zero-order chi connectivity index (χ0) is 19.1. The van der Waals surface area contributed by atoms with Crippen LogP contribution in [0.2, 0.25) is 0 Å². The van der Waals surface area contributed by atoms with Crippen LogP contribution in [0.1, 0.15) is 28.4 Å². The molecule has 136 valence electrons. The summed E-state index contributed by atoms with van der Waals surface area (Å²) in [4.78, 5) is 36.2. The van der Waals surface area contributed by atoms with Crippen LogP contribution in [0.5, 0.6) is 0 Å². The molecule has 0 bridgehead atoms. The lowest BCUT2D eigenvalue weighted by atomic mass is 10.1. The topological polar surface area (TPSA) is 72.5 Å². The van der Waals surface area contributed by atoms with Crippen LogP contribution >= 0.6 is 11.8 Å². The lowest BCUT2D eigenvalue weighted by molar-refractivity contribution is -0.119. The molecule has 0 aromatic heterocycles. The van der Waals surface area contributed by atoms with Gasteiger partial charge in [-0.15, -0.1) is 11.8 Å². The van der Waals surface area contributed by atoms with Crippen molar-refractivity contribution < 1.29 is 19.1 Å². The van der Waals surface area contributed by atoms with Crippen molar-refractivity contribution in [3.8, 4) is 0 Å². The van der Waals surface area contributed by atoms with Crippen LogP contribution < -0.4 is 5.32 Å². The molecular weight excluding hydrogens is 350 g/mol. The molecule has 0 aliphatic carbocycles. The van der Waals surface area contributed by atoms with Gasteiger partial charge in [0.25, 0.3) is 5.91 Å². The Labute approximate surface area is 157 Å². The zero-order valence-electron chi connectivity index (χ0n) is 15.0. The molecule has 0 saturated heterocycles. The standard InChI is InChI=1S/C20H21NO4S/c1-13-7-6-8-14(2)19(13)21-18(23)11-25-20(24)16-9-4-5-10-17(16)26-12-15(3)22/h4-10H,11-12H2,1-3H3,(H,21,23). The Balaban J connectivity index is 1.98. The van der Waals surface area contributed by atoms with Crippen LogP contribution in [-0.4, -0.2) is 30.0 Å². The number of carbonyl (C=O) groups is 3. The molecule has 0 heterocycles. The molecule has 0 aliphatic heterocycles. The van der Waals surface area contributed by atoms with Crippen molar-refractivity contribution >= 4 is 35.1 Å². The van der Waals surface area contributed by atoms with E-state index in [-0.39, 0.29) is 18.1 Å². The number of rotatable bonds is 7. The van der Waals surface area contributed by atoms with Crippen LogP contribution in [0, 0.1) is 13.8 Å². The third-order valence-corrected chi connectivity index (χ3v) is 4.84. The Bertz CT molecular complexity index is 812. The molecule has 0 spiro atoms. The summed E-state index contributed by atoms with van der Waals surface area (Å²) in [5.41, 5.74) is 2.95. The van der Waals surface area contributed by atoms with Crippen molar-refractivity contribution in [1.82, 2.24) is 0 Å². The molecule has 1 amide bonds. The van der Waals surface area contributed by atoms with Crippen molar-refractivity contribution in [3.63, 3.8) is 0 Å². The van der Waals surface area contributed by atoms with Crippen LogP contribution in [-0.2, 0) is 14.3 Å². The largest absolute Gasteiger partial charge is 0.452 e. The number of hydrogen-bond donors (Lipinski definition) is 1. The monoisotopic (exact) mass is 371 g/mol. The lowest BCUT2D eigenvalue weighted by Crippen LogP contribution is -2.22. The van der Waals surface area contributed by atoms with E-state index in [2.05, 4.69) is 5.32 Å². The number of aryl methyl sites for hydroxylation is 2. The van der Waals surface area contributed by atoms with Gasteiger partial charge >= 0.3 is 5.97 Å². The summed E-state index contributed by atoms with van der Waals surface area (Å²) in [6, 6.07) is 12.6. The first-order valence-electron chi connectivity index (χ1n) is 8.13. The highest BCUT2D eigenvalue weighted by atomic mass is 32.2. The van der Waals surface area contributed by atoms with Crippen molar-refractivity contribution in [1.29, 1.82) is 0 Å². The summed E-state index contributed by atoms with van der Waals surface area (Å²) < 4.78 is 5.14. The average Bonchev–Trinajstić information content (AvgIpc) is 2.61. The van der Waals surface area contributed by atoms with E-state index in [1.807, 2.05) is 32.0 Å². The van der Waals surface area contributed by atoms with Gasteiger partial charge in [-0.2, -0.15) is 0 Å². The van der Waals surface area contributed by atoms with E-state index in [0.717, 1.165) is 16.8 Å². The summed E-state index contributed by atoms with van der Waals surface area (Å²) in [6.07, 6.45) is 0. The molecule has 0 saturated carbocycles. The number of ether oxygens (including phenoxy) is 1. The van der Waals surface area contributed by atoms with E-state index < -0.39 is 11.9 Å². The fourth-order valence-electron chi connectivity index (χ4n) is 2.34. The van der Waals surface area contributed by atoms with Crippen molar-refractivity contribution in [3.05, 3.63) is 59.2 Å². The number of nitrogens with one attached hydrogen (secondary N) is 1. The van der Waals surface area contributed by atoms with Gasteiger partial charge in [-0.05, 0) is 44.0 Å². The average molecular weight is 371 g/mol. The summed E-state index contributed by atoms with van der Waals surface area (Å²) in [7, 11) is 0. The minimum absolute atomic E-state index is 0.0196. The molecule has 0 radical (unpaired) electrons. The van der Waals surface area contributed by atoms with Crippen molar-refractivity contribution in [2.75, 3.05) is 17.7 Å². The molecule has 0 aliphatic rings. The van der Waals surface area contributed by atoms with Crippen LogP contribution in [0.4, 0.5) is 5.69 Å². The van der Waals surface area contributed by atoms with Gasteiger partial charge in [0.2, 0.25) is 0 Å². The highest BCUT2D eigenvalue weighted by molar-refractivity contribution is 8.00. The molecule has 2 rings (SSSR count). The Morgan fingerprint density at radius 3 is 2.31 bits per heavy atom. The van der Waals surface area contributed by atoms with Gasteiger partial charge in [0.05, 0.1) is 11.3 Å². The van der Waals surface area contributed by atoms with Crippen molar-refractivity contribution in [2.24, 2.45) is 0 Å². The quantitative estimate of drug-likeness (QED) is 0.592. The Kier molecular flexibility index (Phi) is 6.97. The highest BCUT2D eigenvalue weighted by Gasteiger charge is 2.15. The van der Waals surface area contributed by atoms with E-state index in [1.54, 1.807) is 24.3 Å². The van der Waals surface area contributed by atoms with E-state index in [0.29, 0.717) is 10.5 Å². The Morgan fingerprint density at radius 1 is 1.00 bits per heavy atom. The zero-order valence-corrected chi connectivity index (χ0v) is 15.8. The Hall–Kier alpha value is -2.60. The number of hydrogen-bond acceptors (Lipinski definition) is 5. The number of ketones is 1. The number of esters is 1. The minimum Gasteiger partial charge on any atom is -0.452 e. The van der Waals surface area contributed by atoms with Crippen LogP contribution in [0.3, 0.4) is 0 Å². The van der Waals surface area contributed by atoms with Crippen LogP contribution in [0.25, 0.3) is 0 Å². The molecule has 1 N–H and O–H groups in total.